The lowest BCUT2D eigenvalue weighted by atomic mass is 10.3. The van der Waals surface area contributed by atoms with E-state index in [1.165, 1.54) is 9.56 Å². The van der Waals surface area contributed by atoms with E-state index in [9.17, 15) is 4.79 Å². The molecule has 0 aliphatic carbocycles. The van der Waals surface area contributed by atoms with Crippen molar-refractivity contribution in [2.75, 3.05) is 0 Å². The summed E-state index contributed by atoms with van der Waals surface area (Å²) in [6.07, 6.45) is 4.48. The van der Waals surface area contributed by atoms with E-state index < -0.39 is 0 Å². The third kappa shape index (κ3) is 3.61. The summed E-state index contributed by atoms with van der Waals surface area (Å²) >= 11 is 1.62. The zero-order valence-electron chi connectivity index (χ0n) is 11.5. The van der Waals surface area contributed by atoms with Gasteiger partial charge in [-0.1, -0.05) is 12.1 Å². The number of rotatable bonds is 6. The summed E-state index contributed by atoms with van der Waals surface area (Å²) in [6, 6.07) is -0.106. The summed E-state index contributed by atoms with van der Waals surface area (Å²) in [5, 5.41) is 11.5. The standard InChI is InChI=1S/C12H18N6OS/c1-3-10-5-14-12(20-10)8(2)15-11(19)7-18-6-9(4-13)16-17-18/h5-6,8H,3-4,7,13H2,1-2H3,(H,15,19). The number of aromatic nitrogens is 4. The fourth-order valence-corrected chi connectivity index (χ4v) is 2.55. The number of thiazole rings is 1. The molecule has 108 valence electrons. The first-order valence-electron chi connectivity index (χ1n) is 6.45. The van der Waals surface area contributed by atoms with Crippen molar-refractivity contribution in [1.82, 2.24) is 25.3 Å². The second-order valence-electron chi connectivity index (χ2n) is 4.42. The van der Waals surface area contributed by atoms with Gasteiger partial charge in [-0.3, -0.25) is 4.79 Å². The third-order valence-electron chi connectivity index (χ3n) is 2.77. The molecule has 2 heterocycles. The predicted octanol–water partition coefficient (Wildman–Crippen LogP) is 0.633. The van der Waals surface area contributed by atoms with Crippen molar-refractivity contribution >= 4 is 17.2 Å². The van der Waals surface area contributed by atoms with Crippen molar-refractivity contribution in [3.8, 4) is 0 Å². The van der Waals surface area contributed by atoms with Gasteiger partial charge in [0, 0.05) is 17.6 Å². The molecule has 8 heteroatoms. The quantitative estimate of drug-likeness (QED) is 0.814. The van der Waals surface area contributed by atoms with Crippen LogP contribution in [-0.2, 0) is 24.3 Å². The summed E-state index contributed by atoms with van der Waals surface area (Å²) in [5.41, 5.74) is 6.11. The molecule has 0 saturated heterocycles. The highest BCUT2D eigenvalue weighted by atomic mass is 32.1. The molecular weight excluding hydrogens is 276 g/mol. The lowest BCUT2D eigenvalue weighted by Gasteiger charge is -2.10. The zero-order valence-corrected chi connectivity index (χ0v) is 12.4. The largest absolute Gasteiger partial charge is 0.346 e. The first kappa shape index (κ1) is 14.6. The summed E-state index contributed by atoms with van der Waals surface area (Å²) in [4.78, 5) is 17.4. The smallest absolute Gasteiger partial charge is 0.242 e. The molecule has 1 amide bonds. The van der Waals surface area contributed by atoms with Crippen LogP contribution in [0.4, 0.5) is 0 Å². The molecule has 0 aliphatic rings. The van der Waals surface area contributed by atoms with Crippen molar-refractivity contribution in [3.63, 3.8) is 0 Å². The van der Waals surface area contributed by atoms with Crippen LogP contribution < -0.4 is 11.1 Å². The predicted molar refractivity (Wildman–Crippen MR) is 76.0 cm³/mol. The molecule has 2 rings (SSSR count). The van der Waals surface area contributed by atoms with Crippen LogP contribution in [0.5, 0.6) is 0 Å². The number of carbonyl (C=O) groups is 1. The van der Waals surface area contributed by atoms with Crippen molar-refractivity contribution in [1.29, 1.82) is 0 Å². The number of nitrogens with one attached hydrogen (secondary N) is 1. The Labute approximate surface area is 121 Å². The first-order valence-corrected chi connectivity index (χ1v) is 7.27. The fourth-order valence-electron chi connectivity index (χ4n) is 1.69. The highest BCUT2D eigenvalue weighted by Crippen LogP contribution is 2.20. The maximum atomic E-state index is 11.9. The van der Waals surface area contributed by atoms with Gasteiger partial charge in [-0.05, 0) is 13.3 Å². The minimum absolute atomic E-state index is 0.106. The van der Waals surface area contributed by atoms with Gasteiger partial charge >= 0.3 is 0 Å². The first-order chi connectivity index (χ1) is 9.62. The Morgan fingerprint density at radius 1 is 1.60 bits per heavy atom. The van der Waals surface area contributed by atoms with Crippen molar-refractivity contribution in [2.24, 2.45) is 5.73 Å². The molecular formula is C12H18N6OS. The van der Waals surface area contributed by atoms with E-state index in [2.05, 4.69) is 27.5 Å². The molecule has 0 radical (unpaired) electrons. The van der Waals surface area contributed by atoms with Gasteiger partial charge in [-0.25, -0.2) is 9.67 Å². The average Bonchev–Trinajstić information content (AvgIpc) is 3.06. The SMILES string of the molecule is CCc1cnc(C(C)NC(=O)Cn2cc(CN)nn2)s1. The molecule has 1 unspecified atom stereocenters. The van der Waals surface area contributed by atoms with Gasteiger partial charge < -0.3 is 11.1 Å². The zero-order chi connectivity index (χ0) is 14.5. The molecule has 0 spiro atoms. The molecule has 0 aromatic carbocycles. The van der Waals surface area contributed by atoms with Gasteiger partial charge in [0.15, 0.2) is 0 Å². The molecule has 0 fully saturated rings. The van der Waals surface area contributed by atoms with E-state index in [1.807, 2.05) is 13.1 Å². The third-order valence-corrected chi connectivity index (χ3v) is 4.09. The van der Waals surface area contributed by atoms with Gasteiger partial charge in [-0.2, -0.15) is 0 Å². The number of aryl methyl sites for hydroxylation is 1. The number of carbonyl (C=O) groups excluding carboxylic acids is 1. The molecule has 3 N–H and O–H groups in total. The van der Waals surface area contributed by atoms with Crippen LogP contribution in [0.3, 0.4) is 0 Å². The lowest BCUT2D eigenvalue weighted by Crippen LogP contribution is -2.30. The number of hydrogen-bond acceptors (Lipinski definition) is 6. The molecule has 2 aromatic rings. The highest BCUT2D eigenvalue weighted by Gasteiger charge is 2.14. The van der Waals surface area contributed by atoms with Crippen LogP contribution >= 0.6 is 11.3 Å². The van der Waals surface area contributed by atoms with Gasteiger partial charge in [-0.15, -0.1) is 16.4 Å². The second kappa shape index (κ2) is 6.58. The average molecular weight is 294 g/mol. The van der Waals surface area contributed by atoms with Crippen LogP contribution in [-0.4, -0.2) is 25.9 Å². The molecule has 7 nitrogen and oxygen atoms in total. The van der Waals surface area contributed by atoms with Crippen LogP contribution in [0.2, 0.25) is 0 Å². The van der Waals surface area contributed by atoms with Crippen LogP contribution in [0.15, 0.2) is 12.4 Å². The van der Waals surface area contributed by atoms with Gasteiger partial charge in [0.05, 0.1) is 17.9 Å². The van der Waals surface area contributed by atoms with Crippen LogP contribution in [0.1, 0.15) is 35.5 Å². The number of nitrogens with two attached hydrogens (primary N) is 1. The van der Waals surface area contributed by atoms with Crippen LogP contribution in [0, 0.1) is 0 Å². The van der Waals surface area contributed by atoms with E-state index in [0.717, 1.165) is 11.4 Å². The number of hydrogen-bond donors (Lipinski definition) is 2. The van der Waals surface area contributed by atoms with E-state index in [1.54, 1.807) is 17.5 Å². The van der Waals surface area contributed by atoms with Crippen molar-refractivity contribution in [2.45, 2.75) is 39.4 Å². The van der Waals surface area contributed by atoms with E-state index in [0.29, 0.717) is 12.2 Å². The monoisotopic (exact) mass is 294 g/mol. The lowest BCUT2D eigenvalue weighted by molar-refractivity contribution is -0.122. The Bertz CT molecular complexity index is 578. The summed E-state index contributed by atoms with van der Waals surface area (Å²) in [6.45, 7) is 4.45. The maximum Gasteiger partial charge on any atom is 0.242 e. The maximum absolute atomic E-state index is 11.9. The van der Waals surface area contributed by atoms with E-state index in [-0.39, 0.29) is 18.5 Å². The van der Waals surface area contributed by atoms with Gasteiger partial charge in [0.2, 0.25) is 5.91 Å². The molecule has 1 atom stereocenters. The summed E-state index contributed by atoms with van der Waals surface area (Å²) < 4.78 is 1.48. The Kier molecular flexibility index (Phi) is 4.80. The molecule has 0 aliphatic heterocycles. The normalized spacial score (nSPS) is 12.3. The van der Waals surface area contributed by atoms with E-state index in [4.69, 9.17) is 5.73 Å². The molecule has 2 aromatic heterocycles. The Hall–Kier alpha value is -1.80. The van der Waals surface area contributed by atoms with E-state index >= 15 is 0 Å². The topological polar surface area (TPSA) is 98.7 Å². The molecule has 0 saturated carbocycles. The highest BCUT2D eigenvalue weighted by molar-refractivity contribution is 7.11. The fraction of sp³-hybridized carbons (Fsp3) is 0.500. The van der Waals surface area contributed by atoms with Crippen molar-refractivity contribution in [3.05, 3.63) is 28.0 Å². The minimum atomic E-state index is -0.126. The van der Waals surface area contributed by atoms with Crippen molar-refractivity contribution < 1.29 is 4.79 Å². The molecule has 20 heavy (non-hydrogen) atoms. The number of amides is 1. The Balaban J connectivity index is 1.90. The Morgan fingerprint density at radius 2 is 2.40 bits per heavy atom. The van der Waals surface area contributed by atoms with Gasteiger partial charge in [0.25, 0.3) is 0 Å². The number of nitrogens with zero attached hydrogens (tertiary/aromatic N) is 4. The van der Waals surface area contributed by atoms with Gasteiger partial charge in [0.1, 0.15) is 11.6 Å². The minimum Gasteiger partial charge on any atom is -0.346 e. The summed E-state index contributed by atoms with van der Waals surface area (Å²) in [7, 11) is 0. The van der Waals surface area contributed by atoms with Crippen LogP contribution in [0.25, 0.3) is 0 Å². The Morgan fingerprint density at radius 3 is 3.00 bits per heavy atom. The summed E-state index contributed by atoms with van der Waals surface area (Å²) in [5.74, 6) is -0.126. The second-order valence-corrected chi connectivity index (χ2v) is 5.57. The molecule has 0 bridgehead atoms.